The zero-order valence-corrected chi connectivity index (χ0v) is 20.2. The van der Waals surface area contributed by atoms with Crippen molar-refractivity contribution in [3.63, 3.8) is 0 Å². The lowest BCUT2D eigenvalue weighted by Crippen LogP contribution is -2.10. The number of rotatable bonds is 7. The maximum absolute atomic E-state index is 6.10. The molecule has 4 aromatic rings. The topological polar surface area (TPSA) is 52.8 Å². The molecule has 0 saturated heterocycles. The average Bonchev–Trinajstić information content (AvgIpc) is 3.35. The summed E-state index contributed by atoms with van der Waals surface area (Å²) in [6, 6.07) is 13.9. The third-order valence-corrected chi connectivity index (χ3v) is 7.16. The summed E-state index contributed by atoms with van der Waals surface area (Å²) in [5, 5.41) is 13.4. The maximum atomic E-state index is 6.10. The summed E-state index contributed by atoms with van der Waals surface area (Å²) in [5.74, 6) is 2.30. The molecule has 5 nitrogen and oxygen atoms in total. The number of hydrogen-bond donors (Lipinski definition) is 0. The molecule has 1 unspecified atom stereocenters. The maximum Gasteiger partial charge on any atom is 0.191 e. The third-order valence-electron chi connectivity index (χ3n) is 4.95. The number of thiazole rings is 1. The Hall–Kier alpha value is -2.35. The van der Waals surface area contributed by atoms with Crippen LogP contribution in [0.2, 0.25) is 5.02 Å². The van der Waals surface area contributed by atoms with Crippen LogP contribution < -0.4 is 4.74 Å². The zero-order valence-electron chi connectivity index (χ0n) is 17.8. The lowest BCUT2D eigenvalue weighted by atomic mass is 10.1. The molecule has 0 fully saturated rings. The van der Waals surface area contributed by atoms with Crippen LogP contribution in [0.25, 0.3) is 10.6 Å². The van der Waals surface area contributed by atoms with E-state index >= 15 is 0 Å². The Balaban J connectivity index is 1.42. The molecule has 2 heterocycles. The van der Waals surface area contributed by atoms with Crippen molar-refractivity contribution in [1.29, 1.82) is 0 Å². The van der Waals surface area contributed by atoms with Crippen LogP contribution in [0.1, 0.15) is 35.7 Å². The highest BCUT2D eigenvalue weighted by Crippen LogP contribution is 2.31. The molecule has 0 aliphatic heterocycles. The van der Waals surface area contributed by atoms with E-state index in [0.29, 0.717) is 5.02 Å². The molecule has 0 saturated carbocycles. The molecule has 4 rings (SSSR count). The number of ether oxygens (including phenoxy) is 1. The van der Waals surface area contributed by atoms with Gasteiger partial charge in [-0.2, -0.15) is 0 Å². The lowest BCUT2D eigenvalue weighted by molar-refractivity contribution is 0.210. The van der Waals surface area contributed by atoms with E-state index in [1.54, 1.807) is 23.1 Å². The smallest absolute Gasteiger partial charge is 0.191 e. The number of benzene rings is 2. The van der Waals surface area contributed by atoms with Gasteiger partial charge < -0.3 is 9.30 Å². The number of hydrogen-bond acceptors (Lipinski definition) is 6. The van der Waals surface area contributed by atoms with Gasteiger partial charge in [-0.3, -0.25) is 0 Å². The molecule has 8 heteroatoms. The van der Waals surface area contributed by atoms with Gasteiger partial charge in [0.05, 0.1) is 5.69 Å². The first-order chi connectivity index (χ1) is 14.9. The second-order valence-electron chi connectivity index (χ2n) is 7.32. The molecule has 0 radical (unpaired) electrons. The standard InChI is InChI=1S/C23H23ClN4OS2/c1-14-7-5-6-8-19(14)22-25-18(12-30-22)13-31-23-27-26-21(28(23)4)16(3)29-20-10-9-17(24)11-15(20)2/h5-12,16H,13H2,1-4H3. The third kappa shape index (κ3) is 4.95. The Kier molecular flexibility index (Phi) is 6.65. The van der Waals surface area contributed by atoms with Gasteiger partial charge in [0.25, 0.3) is 0 Å². The van der Waals surface area contributed by atoms with Gasteiger partial charge in [0.15, 0.2) is 17.1 Å². The van der Waals surface area contributed by atoms with E-state index in [-0.39, 0.29) is 6.10 Å². The number of aryl methyl sites for hydroxylation is 2. The van der Waals surface area contributed by atoms with E-state index < -0.39 is 0 Å². The van der Waals surface area contributed by atoms with Gasteiger partial charge in [0.2, 0.25) is 0 Å². The van der Waals surface area contributed by atoms with Crippen LogP contribution in [0.5, 0.6) is 5.75 Å². The summed E-state index contributed by atoms with van der Waals surface area (Å²) >= 11 is 9.34. The highest BCUT2D eigenvalue weighted by Gasteiger charge is 2.18. The van der Waals surface area contributed by atoms with Crippen LogP contribution >= 0.6 is 34.7 Å². The predicted octanol–water partition coefficient (Wildman–Crippen LogP) is 6.64. The minimum Gasteiger partial charge on any atom is -0.482 e. The van der Waals surface area contributed by atoms with E-state index in [0.717, 1.165) is 38.7 Å². The van der Waals surface area contributed by atoms with Crippen LogP contribution in [0.4, 0.5) is 0 Å². The fraction of sp³-hybridized carbons (Fsp3) is 0.261. The first-order valence-corrected chi connectivity index (χ1v) is 12.1. The lowest BCUT2D eigenvalue weighted by Gasteiger charge is -2.16. The van der Waals surface area contributed by atoms with E-state index in [1.165, 1.54) is 11.1 Å². The zero-order chi connectivity index (χ0) is 22.0. The Morgan fingerprint density at radius 1 is 1.13 bits per heavy atom. The number of nitrogens with zero attached hydrogens (tertiary/aromatic N) is 4. The fourth-order valence-electron chi connectivity index (χ4n) is 3.24. The molecule has 31 heavy (non-hydrogen) atoms. The van der Waals surface area contributed by atoms with Crippen molar-refractivity contribution in [2.75, 3.05) is 0 Å². The Labute approximate surface area is 195 Å². The molecule has 2 aromatic heterocycles. The summed E-state index contributed by atoms with van der Waals surface area (Å²) in [4.78, 5) is 4.81. The summed E-state index contributed by atoms with van der Waals surface area (Å²) in [6.45, 7) is 6.06. The highest BCUT2D eigenvalue weighted by molar-refractivity contribution is 7.98. The van der Waals surface area contributed by atoms with Crippen molar-refractivity contribution >= 4 is 34.7 Å². The summed E-state index contributed by atoms with van der Waals surface area (Å²) in [7, 11) is 1.96. The van der Waals surface area contributed by atoms with Crippen molar-refractivity contribution in [1.82, 2.24) is 19.7 Å². The van der Waals surface area contributed by atoms with Gasteiger partial charge in [0, 0.05) is 28.8 Å². The molecule has 0 aliphatic rings. The van der Waals surface area contributed by atoms with E-state index in [4.69, 9.17) is 21.3 Å². The molecule has 0 bridgehead atoms. The molecule has 0 N–H and O–H groups in total. The minimum absolute atomic E-state index is 0.237. The van der Waals surface area contributed by atoms with Crippen LogP contribution in [-0.4, -0.2) is 19.7 Å². The molecular weight excluding hydrogens is 448 g/mol. The molecule has 160 valence electrons. The van der Waals surface area contributed by atoms with E-state index in [1.807, 2.05) is 55.8 Å². The van der Waals surface area contributed by atoms with Crippen LogP contribution in [0, 0.1) is 13.8 Å². The number of halogens is 1. The van der Waals surface area contributed by atoms with Gasteiger partial charge in [-0.05, 0) is 50.1 Å². The van der Waals surface area contributed by atoms with Crippen molar-refractivity contribution < 1.29 is 4.74 Å². The number of aromatic nitrogens is 4. The van der Waals surface area contributed by atoms with E-state index in [2.05, 4.69) is 34.6 Å². The van der Waals surface area contributed by atoms with Gasteiger partial charge in [-0.15, -0.1) is 21.5 Å². The Morgan fingerprint density at radius 2 is 1.94 bits per heavy atom. The van der Waals surface area contributed by atoms with Gasteiger partial charge in [-0.25, -0.2) is 4.98 Å². The molecular formula is C23H23ClN4OS2. The van der Waals surface area contributed by atoms with E-state index in [9.17, 15) is 0 Å². The van der Waals surface area contributed by atoms with Gasteiger partial charge in [0.1, 0.15) is 10.8 Å². The first-order valence-electron chi connectivity index (χ1n) is 9.87. The Morgan fingerprint density at radius 3 is 2.71 bits per heavy atom. The summed E-state index contributed by atoms with van der Waals surface area (Å²) in [5.41, 5.74) is 4.45. The molecule has 1 atom stereocenters. The van der Waals surface area contributed by atoms with Gasteiger partial charge in [-0.1, -0.05) is 47.6 Å². The number of thioether (sulfide) groups is 1. The van der Waals surface area contributed by atoms with Gasteiger partial charge >= 0.3 is 0 Å². The monoisotopic (exact) mass is 470 g/mol. The second-order valence-corrected chi connectivity index (χ2v) is 9.55. The Bertz CT molecular complexity index is 1200. The van der Waals surface area contributed by atoms with Crippen LogP contribution in [-0.2, 0) is 12.8 Å². The van der Waals surface area contributed by atoms with Crippen molar-refractivity contribution in [3.8, 4) is 16.3 Å². The fourth-order valence-corrected chi connectivity index (χ4v) is 5.29. The summed E-state index contributed by atoms with van der Waals surface area (Å²) < 4.78 is 8.09. The average molecular weight is 471 g/mol. The van der Waals surface area contributed by atoms with Crippen molar-refractivity contribution in [3.05, 3.63) is 75.5 Å². The normalized spacial score (nSPS) is 12.2. The van der Waals surface area contributed by atoms with Crippen LogP contribution in [0.3, 0.4) is 0 Å². The predicted molar refractivity (Wildman–Crippen MR) is 128 cm³/mol. The first kappa shape index (κ1) is 21.9. The largest absolute Gasteiger partial charge is 0.482 e. The van der Waals surface area contributed by atoms with Crippen molar-refractivity contribution in [2.45, 2.75) is 37.8 Å². The molecule has 0 spiro atoms. The van der Waals surface area contributed by atoms with Crippen molar-refractivity contribution in [2.24, 2.45) is 7.05 Å². The summed E-state index contributed by atoms with van der Waals surface area (Å²) in [6.07, 6.45) is -0.237. The molecule has 0 aliphatic carbocycles. The quantitative estimate of drug-likeness (QED) is 0.283. The van der Waals surface area contributed by atoms with Crippen LogP contribution in [0.15, 0.2) is 53.0 Å². The molecule has 2 aromatic carbocycles. The SMILES string of the molecule is Cc1cc(Cl)ccc1OC(C)c1nnc(SCc2csc(-c3ccccc3C)n2)n1C. The highest BCUT2D eigenvalue weighted by atomic mass is 35.5. The molecule has 0 amide bonds. The minimum atomic E-state index is -0.237. The second kappa shape index (κ2) is 9.42.